The summed E-state index contributed by atoms with van der Waals surface area (Å²) >= 11 is 0. The van der Waals surface area contributed by atoms with Gasteiger partial charge in [0.05, 0.1) is 12.2 Å². The molecule has 0 fully saturated rings. The van der Waals surface area contributed by atoms with Crippen molar-refractivity contribution in [1.82, 2.24) is 0 Å². The van der Waals surface area contributed by atoms with Gasteiger partial charge in [0.2, 0.25) is 0 Å². The Bertz CT molecular complexity index is 643. The normalized spacial score (nSPS) is 13.7. The van der Waals surface area contributed by atoms with Crippen molar-refractivity contribution >= 4 is 0 Å². The standard InChI is InChI=1S/C20H22F4O/c1-3-7-17(13-9-5-11-15(21)19(13)23)25-18(8-4-2)14-10-6-12-16(22)20(14)24/h5-6,9-12,17-18H,3-4,7-8H2,1-2H3. The van der Waals surface area contributed by atoms with Gasteiger partial charge in [0.25, 0.3) is 0 Å². The van der Waals surface area contributed by atoms with Gasteiger partial charge in [0, 0.05) is 11.1 Å². The molecule has 0 amide bonds. The number of ether oxygens (including phenoxy) is 1. The average Bonchev–Trinajstić information content (AvgIpc) is 2.59. The molecule has 0 aliphatic carbocycles. The molecular weight excluding hydrogens is 332 g/mol. The predicted octanol–water partition coefficient (Wildman–Crippen LogP) is 6.64. The van der Waals surface area contributed by atoms with Crippen molar-refractivity contribution in [1.29, 1.82) is 0 Å². The fraction of sp³-hybridized carbons (Fsp3) is 0.400. The summed E-state index contributed by atoms with van der Waals surface area (Å²) in [7, 11) is 0. The monoisotopic (exact) mass is 354 g/mol. The highest BCUT2D eigenvalue weighted by Crippen LogP contribution is 2.35. The summed E-state index contributed by atoms with van der Waals surface area (Å²) in [5.74, 6) is -3.83. The summed E-state index contributed by atoms with van der Waals surface area (Å²) < 4.78 is 61.4. The lowest BCUT2D eigenvalue weighted by atomic mass is 10.0. The molecular formula is C20H22F4O. The van der Waals surface area contributed by atoms with Crippen LogP contribution in [-0.4, -0.2) is 0 Å². The summed E-state index contributed by atoms with van der Waals surface area (Å²) in [6.07, 6.45) is 0.755. The van der Waals surface area contributed by atoms with Gasteiger partial charge >= 0.3 is 0 Å². The molecule has 0 saturated carbocycles. The van der Waals surface area contributed by atoms with Gasteiger partial charge in [-0.2, -0.15) is 0 Å². The Morgan fingerprint density at radius 3 is 1.48 bits per heavy atom. The van der Waals surface area contributed by atoms with E-state index in [2.05, 4.69) is 0 Å². The van der Waals surface area contributed by atoms with E-state index < -0.39 is 35.5 Å². The van der Waals surface area contributed by atoms with Gasteiger partial charge in [0.15, 0.2) is 23.3 Å². The van der Waals surface area contributed by atoms with Crippen molar-refractivity contribution in [2.75, 3.05) is 0 Å². The van der Waals surface area contributed by atoms with E-state index in [1.54, 1.807) is 0 Å². The first kappa shape index (κ1) is 19.4. The van der Waals surface area contributed by atoms with E-state index in [4.69, 9.17) is 4.74 Å². The molecule has 5 heteroatoms. The SMILES string of the molecule is CCCC(OC(CCC)c1cccc(F)c1F)c1cccc(F)c1F. The third-order valence-electron chi connectivity index (χ3n) is 4.09. The molecule has 0 bridgehead atoms. The maximum atomic E-state index is 14.2. The lowest BCUT2D eigenvalue weighted by Crippen LogP contribution is -2.14. The van der Waals surface area contributed by atoms with Gasteiger partial charge in [-0.25, -0.2) is 17.6 Å². The molecule has 2 unspecified atom stereocenters. The second-order valence-corrected chi connectivity index (χ2v) is 5.98. The van der Waals surface area contributed by atoms with Crippen LogP contribution in [0.4, 0.5) is 17.6 Å². The van der Waals surface area contributed by atoms with E-state index in [1.165, 1.54) is 24.3 Å². The van der Waals surface area contributed by atoms with Crippen molar-refractivity contribution in [2.45, 2.75) is 51.7 Å². The van der Waals surface area contributed by atoms with Crippen molar-refractivity contribution < 1.29 is 22.3 Å². The maximum absolute atomic E-state index is 14.2. The summed E-state index contributed by atoms with van der Waals surface area (Å²) in [4.78, 5) is 0. The van der Waals surface area contributed by atoms with E-state index in [0.29, 0.717) is 25.7 Å². The Balaban J connectivity index is 2.37. The molecule has 136 valence electrons. The lowest BCUT2D eigenvalue weighted by molar-refractivity contribution is -0.0284. The van der Waals surface area contributed by atoms with Gasteiger partial charge in [-0.15, -0.1) is 0 Å². The van der Waals surface area contributed by atoms with Gasteiger partial charge < -0.3 is 4.74 Å². The molecule has 0 spiro atoms. The second kappa shape index (κ2) is 8.99. The molecule has 2 aromatic rings. The fourth-order valence-electron chi connectivity index (χ4n) is 2.85. The zero-order chi connectivity index (χ0) is 18.4. The smallest absolute Gasteiger partial charge is 0.164 e. The quantitative estimate of drug-likeness (QED) is 0.483. The van der Waals surface area contributed by atoms with Crippen LogP contribution >= 0.6 is 0 Å². The molecule has 0 saturated heterocycles. The van der Waals surface area contributed by atoms with Crippen LogP contribution in [0.2, 0.25) is 0 Å². The number of hydrogen-bond acceptors (Lipinski definition) is 1. The summed E-state index contributed by atoms with van der Waals surface area (Å²) in [5, 5.41) is 0. The van der Waals surface area contributed by atoms with Crippen LogP contribution in [0.3, 0.4) is 0 Å². The minimum Gasteiger partial charge on any atom is -0.365 e. The molecule has 0 heterocycles. The van der Waals surface area contributed by atoms with Crippen LogP contribution < -0.4 is 0 Å². The molecule has 2 aromatic carbocycles. The Kier molecular flexibility index (Phi) is 7.00. The largest absolute Gasteiger partial charge is 0.365 e. The van der Waals surface area contributed by atoms with Crippen molar-refractivity contribution in [3.63, 3.8) is 0 Å². The fourth-order valence-corrected chi connectivity index (χ4v) is 2.85. The maximum Gasteiger partial charge on any atom is 0.164 e. The molecule has 25 heavy (non-hydrogen) atoms. The minimum absolute atomic E-state index is 0.0970. The highest BCUT2D eigenvalue weighted by molar-refractivity contribution is 5.24. The third-order valence-corrected chi connectivity index (χ3v) is 4.09. The van der Waals surface area contributed by atoms with Crippen LogP contribution in [-0.2, 0) is 4.74 Å². The van der Waals surface area contributed by atoms with E-state index >= 15 is 0 Å². The van der Waals surface area contributed by atoms with E-state index in [-0.39, 0.29) is 11.1 Å². The molecule has 1 nitrogen and oxygen atoms in total. The van der Waals surface area contributed by atoms with Crippen molar-refractivity contribution in [3.05, 3.63) is 70.8 Å². The van der Waals surface area contributed by atoms with Gasteiger partial charge in [-0.3, -0.25) is 0 Å². The molecule has 0 aromatic heterocycles. The topological polar surface area (TPSA) is 9.23 Å². The van der Waals surface area contributed by atoms with Gasteiger partial charge in [-0.1, -0.05) is 51.0 Å². The van der Waals surface area contributed by atoms with Gasteiger partial charge in [-0.05, 0) is 25.0 Å². The van der Waals surface area contributed by atoms with Crippen molar-refractivity contribution in [3.8, 4) is 0 Å². The van der Waals surface area contributed by atoms with Crippen LogP contribution in [0, 0.1) is 23.3 Å². The van der Waals surface area contributed by atoms with E-state index in [1.807, 2.05) is 13.8 Å². The summed E-state index contributed by atoms with van der Waals surface area (Å²) in [6, 6.07) is 7.83. The zero-order valence-corrected chi connectivity index (χ0v) is 14.4. The Hall–Kier alpha value is -1.88. The average molecular weight is 354 g/mol. The molecule has 0 aliphatic heterocycles. The van der Waals surface area contributed by atoms with Crippen LogP contribution in [0.1, 0.15) is 62.9 Å². The highest BCUT2D eigenvalue weighted by atomic mass is 19.2. The van der Waals surface area contributed by atoms with Crippen LogP contribution in [0.5, 0.6) is 0 Å². The van der Waals surface area contributed by atoms with Gasteiger partial charge in [0.1, 0.15) is 0 Å². The molecule has 0 aliphatic rings. The molecule has 0 N–H and O–H groups in total. The number of benzene rings is 2. The predicted molar refractivity (Wildman–Crippen MR) is 89.1 cm³/mol. The van der Waals surface area contributed by atoms with Crippen molar-refractivity contribution in [2.24, 2.45) is 0 Å². The third kappa shape index (κ3) is 4.60. The highest BCUT2D eigenvalue weighted by Gasteiger charge is 2.25. The Morgan fingerprint density at radius 2 is 1.12 bits per heavy atom. The molecule has 2 rings (SSSR count). The number of halogens is 4. The second-order valence-electron chi connectivity index (χ2n) is 5.98. The lowest BCUT2D eigenvalue weighted by Gasteiger charge is -2.26. The first-order chi connectivity index (χ1) is 12.0. The number of rotatable bonds is 8. The summed E-state index contributed by atoms with van der Waals surface area (Å²) in [5.41, 5.74) is 0.194. The molecule has 0 radical (unpaired) electrons. The molecule has 2 atom stereocenters. The Labute approximate surface area is 145 Å². The first-order valence-electron chi connectivity index (χ1n) is 8.52. The van der Waals surface area contributed by atoms with Crippen LogP contribution in [0.15, 0.2) is 36.4 Å². The summed E-state index contributed by atoms with van der Waals surface area (Å²) in [6.45, 7) is 3.79. The Morgan fingerprint density at radius 1 is 0.720 bits per heavy atom. The first-order valence-corrected chi connectivity index (χ1v) is 8.52. The van der Waals surface area contributed by atoms with Crippen LogP contribution in [0.25, 0.3) is 0 Å². The van der Waals surface area contributed by atoms with E-state index in [0.717, 1.165) is 12.1 Å². The van der Waals surface area contributed by atoms with E-state index in [9.17, 15) is 17.6 Å². The zero-order valence-electron chi connectivity index (χ0n) is 14.4. The number of hydrogen-bond donors (Lipinski definition) is 0. The minimum atomic E-state index is -0.962.